The highest BCUT2D eigenvalue weighted by atomic mass is 16.5. The van der Waals surface area contributed by atoms with Crippen LogP contribution in [0.4, 0.5) is 0 Å². The van der Waals surface area contributed by atoms with Crippen LogP contribution in [0, 0.1) is 5.92 Å². The maximum absolute atomic E-state index is 12.6. The Morgan fingerprint density at radius 2 is 1.55 bits per heavy atom. The fourth-order valence-electron chi connectivity index (χ4n) is 2.82. The van der Waals surface area contributed by atoms with Gasteiger partial charge in [0.2, 0.25) is 17.7 Å². The highest BCUT2D eigenvalue weighted by molar-refractivity contribution is 5.95. The summed E-state index contributed by atoms with van der Waals surface area (Å²) in [6, 6.07) is 5.60. The van der Waals surface area contributed by atoms with E-state index in [-0.39, 0.29) is 6.42 Å². The molecule has 0 fully saturated rings. The van der Waals surface area contributed by atoms with Gasteiger partial charge in [0.15, 0.2) is 0 Å². The van der Waals surface area contributed by atoms with Gasteiger partial charge < -0.3 is 21.1 Å². The van der Waals surface area contributed by atoms with Gasteiger partial charge in [0.25, 0.3) is 0 Å². The number of benzene rings is 1. The molecule has 0 radical (unpaired) electrons. The van der Waals surface area contributed by atoms with Crippen molar-refractivity contribution in [2.75, 3.05) is 7.11 Å². The van der Waals surface area contributed by atoms with Crippen LogP contribution in [0.5, 0.6) is 0 Å². The molecule has 0 spiro atoms. The van der Waals surface area contributed by atoms with E-state index in [1.807, 2.05) is 24.3 Å². The van der Waals surface area contributed by atoms with Crippen molar-refractivity contribution in [3.05, 3.63) is 35.4 Å². The average molecular weight is 405 g/mol. The second-order valence-corrected chi connectivity index (χ2v) is 7.55. The number of carbonyl (C=O) groups is 4. The number of hydrogen-bond donors (Lipinski definition) is 3. The Morgan fingerprint density at radius 1 is 0.966 bits per heavy atom. The van der Waals surface area contributed by atoms with E-state index in [1.165, 1.54) is 19.6 Å². The summed E-state index contributed by atoms with van der Waals surface area (Å²) in [6.45, 7) is 7.42. The van der Waals surface area contributed by atoms with Gasteiger partial charge in [-0.3, -0.25) is 14.4 Å². The molecule has 8 nitrogen and oxygen atoms in total. The number of nitrogens with two attached hydrogens (primary N) is 1. The normalized spacial score (nSPS) is 13.9. The number of hydrogen-bond acceptors (Lipinski definition) is 5. The van der Waals surface area contributed by atoms with Gasteiger partial charge in [0.05, 0.1) is 19.4 Å². The van der Waals surface area contributed by atoms with Crippen LogP contribution < -0.4 is 16.4 Å². The van der Waals surface area contributed by atoms with Crippen molar-refractivity contribution in [3.63, 3.8) is 0 Å². The van der Waals surface area contributed by atoms with Crippen LogP contribution in [-0.4, -0.2) is 42.9 Å². The highest BCUT2D eigenvalue weighted by Crippen LogP contribution is 2.18. The lowest BCUT2D eigenvalue weighted by atomic mass is 9.96. The van der Waals surface area contributed by atoms with Crippen molar-refractivity contribution in [2.45, 2.75) is 58.5 Å². The van der Waals surface area contributed by atoms with Gasteiger partial charge in [-0.15, -0.1) is 0 Å². The number of primary amides is 1. The van der Waals surface area contributed by atoms with Gasteiger partial charge in [-0.05, 0) is 37.3 Å². The molecule has 3 unspecified atom stereocenters. The summed E-state index contributed by atoms with van der Waals surface area (Å²) in [5, 5.41) is 4.96. The first-order valence-electron chi connectivity index (χ1n) is 9.60. The monoisotopic (exact) mass is 405 g/mol. The molecule has 1 rings (SSSR count). The van der Waals surface area contributed by atoms with Gasteiger partial charge in [-0.1, -0.05) is 38.1 Å². The highest BCUT2D eigenvalue weighted by Gasteiger charge is 2.28. The molecule has 0 aliphatic carbocycles. The zero-order chi connectivity index (χ0) is 22.1. The quantitative estimate of drug-likeness (QED) is 0.501. The number of rotatable bonds is 10. The Balaban J connectivity index is 2.84. The zero-order valence-electron chi connectivity index (χ0n) is 17.7. The van der Waals surface area contributed by atoms with Gasteiger partial charge in [-0.2, -0.15) is 0 Å². The standard InChI is InChI=1S/C21H31N3O5/c1-12(2)10-15-6-8-16(9-7-15)13(3)19(26)24-17(11-18(22)25)20(27)23-14(4)21(28)29-5/h6-9,12-14,17H,10-11H2,1-5H3,(H2,22,25)(H,23,27)(H,24,26). The molecule has 3 amide bonds. The van der Waals surface area contributed by atoms with Crippen LogP contribution in [0.15, 0.2) is 24.3 Å². The van der Waals surface area contributed by atoms with Gasteiger partial charge in [0.1, 0.15) is 12.1 Å². The predicted octanol–water partition coefficient (Wildman–Crippen LogP) is 1.03. The Morgan fingerprint density at radius 3 is 2.03 bits per heavy atom. The third-order valence-corrected chi connectivity index (χ3v) is 4.47. The lowest BCUT2D eigenvalue weighted by Crippen LogP contribution is -2.52. The van der Waals surface area contributed by atoms with E-state index in [4.69, 9.17) is 5.73 Å². The predicted molar refractivity (Wildman–Crippen MR) is 109 cm³/mol. The van der Waals surface area contributed by atoms with Crippen LogP contribution in [0.3, 0.4) is 0 Å². The largest absolute Gasteiger partial charge is 0.467 e. The molecule has 0 saturated heterocycles. The SMILES string of the molecule is COC(=O)C(C)NC(=O)C(CC(N)=O)NC(=O)C(C)c1ccc(CC(C)C)cc1. The minimum Gasteiger partial charge on any atom is -0.467 e. The third kappa shape index (κ3) is 7.93. The molecule has 0 bridgehead atoms. The molecule has 0 aliphatic rings. The molecule has 8 heteroatoms. The van der Waals surface area contributed by atoms with E-state index in [9.17, 15) is 19.2 Å². The first kappa shape index (κ1) is 24.1. The molecule has 0 aromatic heterocycles. The number of amides is 3. The van der Waals surface area contributed by atoms with Crippen molar-refractivity contribution in [3.8, 4) is 0 Å². The number of esters is 1. The van der Waals surface area contributed by atoms with Crippen molar-refractivity contribution >= 4 is 23.7 Å². The molecular weight excluding hydrogens is 374 g/mol. The van der Waals surface area contributed by atoms with Gasteiger partial charge >= 0.3 is 5.97 Å². The van der Waals surface area contributed by atoms with E-state index >= 15 is 0 Å². The van der Waals surface area contributed by atoms with E-state index < -0.39 is 41.7 Å². The van der Waals surface area contributed by atoms with Crippen LogP contribution in [0.1, 0.15) is 51.2 Å². The van der Waals surface area contributed by atoms with Crippen molar-refractivity contribution in [1.29, 1.82) is 0 Å². The number of nitrogens with one attached hydrogen (secondary N) is 2. The first-order chi connectivity index (χ1) is 13.5. The smallest absolute Gasteiger partial charge is 0.328 e. The maximum atomic E-state index is 12.6. The average Bonchev–Trinajstić information content (AvgIpc) is 2.65. The lowest BCUT2D eigenvalue weighted by Gasteiger charge is -2.21. The van der Waals surface area contributed by atoms with Crippen molar-refractivity contribution in [2.24, 2.45) is 11.7 Å². The minimum atomic E-state index is -1.19. The van der Waals surface area contributed by atoms with E-state index in [0.29, 0.717) is 5.92 Å². The van der Waals surface area contributed by atoms with E-state index in [0.717, 1.165) is 12.0 Å². The first-order valence-corrected chi connectivity index (χ1v) is 9.60. The number of methoxy groups -OCH3 is 1. The molecule has 0 heterocycles. The molecular formula is C21H31N3O5. The van der Waals surface area contributed by atoms with Crippen molar-refractivity contribution < 1.29 is 23.9 Å². The summed E-state index contributed by atoms with van der Waals surface area (Å²) in [5.74, 6) is -2.51. The van der Waals surface area contributed by atoms with E-state index in [1.54, 1.807) is 6.92 Å². The van der Waals surface area contributed by atoms with E-state index in [2.05, 4.69) is 29.2 Å². The van der Waals surface area contributed by atoms with Crippen LogP contribution in [-0.2, 0) is 30.3 Å². The second-order valence-electron chi connectivity index (χ2n) is 7.55. The number of carbonyl (C=O) groups excluding carboxylic acids is 4. The Hall–Kier alpha value is -2.90. The summed E-state index contributed by atoms with van der Waals surface area (Å²) in [5.41, 5.74) is 7.17. The fraction of sp³-hybridized carbons (Fsp3) is 0.524. The summed E-state index contributed by atoms with van der Waals surface area (Å²) >= 11 is 0. The van der Waals surface area contributed by atoms with Crippen LogP contribution in [0.25, 0.3) is 0 Å². The summed E-state index contributed by atoms with van der Waals surface area (Å²) in [6.07, 6.45) is 0.561. The van der Waals surface area contributed by atoms with Crippen molar-refractivity contribution in [1.82, 2.24) is 10.6 Å². The molecule has 160 valence electrons. The van der Waals surface area contributed by atoms with Gasteiger partial charge in [0, 0.05) is 0 Å². The van der Waals surface area contributed by atoms with Crippen LogP contribution >= 0.6 is 0 Å². The topological polar surface area (TPSA) is 128 Å². The summed E-state index contributed by atoms with van der Waals surface area (Å²) in [4.78, 5) is 47.9. The Bertz CT molecular complexity index is 730. The molecule has 1 aromatic rings. The fourth-order valence-corrected chi connectivity index (χ4v) is 2.82. The molecule has 29 heavy (non-hydrogen) atoms. The molecule has 4 N–H and O–H groups in total. The number of ether oxygens (including phenoxy) is 1. The Kier molecular flexibility index (Phi) is 9.31. The second kappa shape index (κ2) is 11.2. The summed E-state index contributed by atoms with van der Waals surface area (Å²) in [7, 11) is 1.20. The van der Waals surface area contributed by atoms with Crippen LogP contribution in [0.2, 0.25) is 0 Å². The minimum absolute atomic E-state index is 0.383. The zero-order valence-corrected chi connectivity index (χ0v) is 17.7. The van der Waals surface area contributed by atoms with Gasteiger partial charge in [-0.25, -0.2) is 4.79 Å². The molecule has 1 aromatic carbocycles. The Labute approximate surface area is 171 Å². The maximum Gasteiger partial charge on any atom is 0.328 e. The lowest BCUT2D eigenvalue weighted by molar-refractivity contribution is -0.144. The molecule has 0 saturated carbocycles. The molecule has 3 atom stereocenters. The molecule has 0 aliphatic heterocycles. The summed E-state index contributed by atoms with van der Waals surface area (Å²) < 4.78 is 4.55. The third-order valence-electron chi connectivity index (χ3n) is 4.47.